The molecular weight excluding hydrogens is 392 g/mol. The van der Waals surface area contributed by atoms with E-state index in [4.69, 9.17) is 18.9 Å². The van der Waals surface area contributed by atoms with Crippen LogP contribution in [0.3, 0.4) is 0 Å². The lowest BCUT2D eigenvalue weighted by molar-refractivity contribution is -0.195. The first-order valence-electron chi connectivity index (χ1n) is 9.58. The summed E-state index contributed by atoms with van der Waals surface area (Å²) in [6, 6.07) is 6.37. The minimum Gasteiger partial charge on any atom is -0.497 e. The summed E-state index contributed by atoms with van der Waals surface area (Å²) in [6.45, 7) is 3.42. The Morgan fingerprint density at radius 2 is 1.70 bits per heavy atom. The molecule has 30 heavy (non-hydrogen) atoms. The highest BCUT2D eigenvalue weighted by atomic mass is 16.6. The van der Waals surface area contributed by atoms with E-state index in [9.17, 15) is 14.4 Å². The molecule has 0 spiro atoms. The zero-order chi connectivity index (χ0) is 21.7. The SMILES string of the molecule is CCOC(=O)N1[C@H]2C=CC(=O)[C@](OCc3ccc(OC)cc3)(C=C2)N1C(=O)OCC. The van der Waals surface area contributed by atoms with Crippen molar-refractivity contribution in [2.24, 2.45) is 0 Å². The summed E-state index contributed by atoms with van der Waals surface area (Å²) in [5.74, 6) is 0.155. The van der Waals surface area contributed by atoms with E-state index < -0.39 is 29.7 Å². The van der Waals surface area contributed by atoms with Gasteiger partial charge in [0.15, 0.2) is 0 Å². The van der Waals surface area contributed by atoms with Crippen LogP contribution < -0.4 is 4.74 Å². The van der Waals surface area contributed by atoms with Gasteiger partial charge in [-0.1, -0.05) is 24.3 Å². The van der Waals surface area contributed by atoms with Gasteiger partial charge in [-0.05, 0) is 43.7 Å². The molecule has 0 radical (unpaired) electrons. The number of fused-ring (bicyclic) bond motifs is 2. The number of ketones is 1. The van der Waals surface area contributed by atoms with Crippen LogP contribution in [0.15, 0.2) is 48.6 Å². The van der Waals surface area contributed by atoms with Gasteiger partial charge < -0.3 is 18.9 Å². The van der Waals surface area contributed by atoms with Crippen molar-refractivity contribution in [3.8, 4) is 5.75 Å². The van der Waals surface area contributed by atoms with Gasteiger partial charge in [-0.25, -0.2) is 9.59 Å². The fourth-order valence-electron chi connectivity index (χ4n) is 3.21. The summed E-state index contributed by atoms with van der Waals surface area (Å²) in [4.78, 5) is 38.6. The van der Waals surface area contributed by atoms with E-state index in [-0.39, 0.29) is 19.8 Å². The second-order valence-electron chi connectivity index (χ2n) is 6.46. The lowest BCUT2D eigenvalue weighted by Gasteiger charge is -2.46. The Morgan fingerprint density at radius 1 is 1.03 bits per heavy atom. The van der Waals surface area contributed by atoms with Crippen molar-refractivity contribution in [3.63, 3.8) is 0 Å². The molecule has 0 N–H and O–H groups in total. The molecule has 0 aromatic heterocycles. The minimum absolute atomic E-state index is 0.00878. The van der Waals surface area contributed by atoms with Crippen LogP contribution in [-0.4, -0.2) is 60.1 Å². The van der Waals surface area contributed by atoms with E-state index >= 15 is 0 Å². The van der Waals surface area contributed by atoms with Crippen molar-refractivity contribution >= 4 is 18.0 Å². The van der Waals surface area contributed by atoms with Crippen molar-refractivity contribution < 1.29 is 33.3 Å². The number of amides is 2. The molecule has 160 valence electrons. The third-order valence-corrected chi connectivity index (χ3v) is 4.64. The molecule has 2 aliphatic heterocycles. The number of hydrogen-bond donors (Lipinski definition) is 0. The standard InChI is InChI=1S/C21H24N2O7/c1-4-28-19(25)22-16-8-11-18(24)21(13-12-16,23(22)20(26)29-5-2)30-14-15-6-9-17(27-3)10-7-15/h6-13,16H,4-5,14H2,1-3H3/t16-,21+/m0/s1. The topological polar surface area (TPSA) is 94.6 Å². The molecule has 9 heteroatoms. The normalized spacial score (nSPS) is 22.1. The Kier molecular flexibility index (Phi) is 6.41. The van der Waals surface area contributed by atoms with Crippen LogP contribution in [0.1, 0.15) is 19.4 Å². The maximum Gasteiger partial charge on any atom is 0.432 e. The summed E-state index contributed by atoms with van der Waals surface area (Å²) in [5.41, 5.74) is -1.14. The van der Waals surface area contributed by atoms with E-state index in [1.165, 1.54) is 18.2 Å². The van der Waals surface area contributed by atoms with Crippen LogP contribution in [0.4, 0.5) is 9.59 Å². The van der Waals surface area contributed by atoms with Crippen LogP contribution in [-0.2, 0) is 25.6 Å². The second-order valence-corrected chi connectivity index (χ2v) is 6.46. The van der Waals surface area contributed by atoms with Crippen LogP contribution >= 0.6 is 0 Å². The molecular formula is C21H24N2O7. The molecule has 2 atom stereocenters. The molecule has 0 fully saturated rings. The smallest absolute Gasteiger partial charge is 0.432 e. The van der Waals surface area contributed by atoms with Crippen LogP contribution in [0, 0.1) is 0 Å². The van der Waals surface area contributed by atoms with Gasteiger partial charge >= 0.3 is 12.2 Å². The van der Waals surface area contributed by atoms with E-state index in [0.717, 1.165) is 15.6 Å². The Hall–Kier alpha value is -3.33. The lowest BCUT2D eigenvalue weighted by atomic mass is 10.1. The highest BCUT2D eigenvalue weighted by Crippen LogP contribution is 2.35. The molecule has 2 heterocycles. The third kappa shape index (κ3) is 3.88. The van der Waals surface area contributed by atoms with E-state index in [1.54, 1.807) is 51.3 Å². The van der Waals surface area contributed by atoms with Gasteiger partial charge in [0.25, 0.3) is 0 Å². The summed E-state index contributed by atoms with van der Waals surface area (Å²) in [5, 5.41) is 1.93. The van der Waals surface area contributed by atoms with Crippen molar-refractivity contribution in [1.29, 1.82) is 0 Å². The fraction of sp³-hybridized carbons (Fsp3) is 0.381. The van der Waals surface area contributed by atoms with E-state index in [0.29, 0.717) is 5.75 Å². The minimum atomic E-state index is -1.89. The van der Waals surface area contributed by atoms with Gasteiger partial charge in [0, 0.05) is 0 Å². The number of carbonyl (C=O) groups is 3. The number of carbonyl (C=O) groups excluding carboxylic acids is 3. The number of nitrogens with zero attached hydrogens (tertiary/aromatic N) is 2. The molecule has 0 unspecified atom stereocenters. The first-order chi connectivity index (χ1) is 14.5. The van der Waals surface area contributed by atoms with Crippen molar-refractivity contribution in [2.45, 2.75) is 32.2 Å². The number of rotatable bonds is 6. The van der Waals surface area contributed by atoms with E-state index in [2.05, 4.69) is 0 Å². The number of benzene rings is 1. The van der Waals surface area contributed by atoms with Crippen molar-refractivity contribution in [3.05, 3.63) is 54.1 Å². The molecule has 1 aromatic carbocycles. The molecule has 1 aromatic rings. The van der Waals surface area contributed by atoms with Crippen LogP contribution in [0.2, 0.25) is 0 Å². The van der Waals surface area contributed by atoms with Crippen LogP contribution in [0.5, 0.6) is 5.75 Å². The Morgan fingerprint density at radius 3 is 2.33 bits per heavy atom. The first kappa shape index (κ1) is 21.4. The van der Waals surface area contributed by atoms with Gasteiger partial charge in [-0.2, -0.15) is 10.0 Å². The molecule has 1 aliphatic carbocycles. The fourth-order valence-corrected chi connectivity index (χ4v) is 3.21. The molecule has 2 bridgehead atoms. The maximum atomic E-state index is 13.0. The third-order valence-electron chi connectivity index (χ3n) is 4.64. The highest BCUT2D eigenvalue weighted by Gasteiger charge is 2.55. The average Bonchev–Trinajstić information content (AvgIpc) is 2.98. The predicted molar refractivity (Wildman–Crippen MR) is 105 cm³/mol. The van der Waals surface area contributed by atoms with E-state index in [1.807, 2.05) is 0 Å². The molecule has 0 saturated heterocycles. The van der Waals surface area contributed by atoms with Gasteiger partial charge in [-0.15, -0.1) is 0 Å². The molecule has 9 nitrogen and oxygen atoms in total. The van der Waals surface area contributed by atoms with Gasteiger partial charge in [0.1, 0.15) is 5.75 Å². The van der Waals surface area contributed by atoms with Crippen molar-refractivity contribution in [1.82, 2.24) is 10.0 Å². The number of ether oxygens (including phenoxy) is 4. The number of hydrogen-bond acceptors (Lipinski definition) is 7. The zero-order valence-electron chi connectivity index (χ0n) is 17.1. The highest BCUT2D eigenvalue weighted by molar-refractivity contribution is 6.02. The molecule has 4 rings (SSSR count). The molecule has 2 amide bonds. The first-order valence-corrected chi connectivity index (χ1v) is 9.58. The van der Waals surface area contributed by atoms with Crippen LogP contribution in [0.25, 0.3) is 0 Å². The summed E-state index contributed by atoms with van der Waals surface area (Å²) in [6.07, 6.45) is 4.19. The Labute approximate surface area is 174 Å². The number of hydrazine groups is 1. The quantitative estimate of drug-likeness (QED) is 0.658. The van der Waals surface area contributed by atoms with Gasteiger partial charge in [0.05, 0.1) is 33.0 Å². The summed E-state index contributed by atoms with van der Waals surface area (Å²) < 4.78 is 21.4. The summed E-state index contributed by atoms with van der Waals surface area (Å²) >= 11 is 0. The van der Waals surface area contributed by atoms with Gasteiger partial charge in [-0.3, -0.25) is 4.79 Å². The lowest BCUT2D eigenvalue weighted by Crippen LogP contribution is -2.67. The van der Waals surface area contributed by atoms with Gasteiger partial charge in [0.2, 0.25) is 11.5 Å². The Balaban J connectivity index is 1.99. The second kappa shape index (κ2) is 9.00. The largest absolute Gasteiger partial charge is 0.497 e. The maximum absolute atomic E-state index is 13.0. The average molecular weight is 416 g/mol. The zero-order valence-corrected chi connectivity index (χ0v) is 17.1. The number of methoxy groups -OCH3 is 1. The van der Waals surface area contributed by atoms with Crippen molar-refractivity contribution in [2.75, 3.05) is 20.3 Å². The molecule has 3 aliphatic rings. The Bertz CT molecular complexity index is 865. The monoisotopic (exact) mass is 416 g/mol. The summed E-state index contributed by atoms with van der Waals surface area (Å²) in [7, 11) is 1.56. The predicted octanol–water partition coefficient (Wildman–Crippen LogP) is 2.82. The molecule has 0 saturated carbocycles.